The zero-order chi connectivity index (χ0) is 13.3. The summed E-state index contributed by atoms with van der Waals surface area (Å²) >= 11 is 1.80. The summed E-state index contributed by atoms with van der Waals surface area (Å²) in [6.45, 7) is 4.54. The average molecular weight is 287 g/mol. The zero-order valence-corrected chi connectivity index (χ0v) is 12.0. The maximum absolute atomic E-state index is 12.5. The summed E-state index contributed by atoms with van der Waals surface area (Å²) < 4.78 is 26.5. The van der Waals surface area contributed by atoms with Crippen LogP contribution in [-0.2, 0) is 10.0 Å². The summed E-state index contributed by atoms with van der Waals surface area (Å²) in [4.78, 5) is 4.06. The second-order valence-electron chi connectivity index (χ2n) is 4.35. The topological polar surface area (TPSA) is 76.3 Å². The molecule has 0 saturated carbocycles. The molecule has 100 valence electrons. The van der Waals surface area contributed by atoms with E-state index in [0.29, 0.717) is 17.6 Å². The van der Waals surface area contributed by atoms with Crippen LogP contribution < -0.4 is 5.73 Å². The largest absolute Gasteiger partial charge is 0.384 e. The summed E-state index contributed by atoms with van der Waals surface area (Å²) in [5.74, 6) is 1.15. The predicted octanol–water partition coefficient (Wildman–Crippen LogP) is 1.18. The van der Waals surface area contributed by atoms with Gasteiger partial charge in [-0.05, 0) is 19.1 Å². The van der Waals surface area contributed by atoms with Gasteiger partial charge in [0.1, 0.15) is 10.7 Å². The van der Waals surface area contributed by atoms with E-state index in [2.05, 4.69) is 11.9 Å². The molecule has 0 bridgehead atoms. The van der Waals surface area contributed by atoms with Gasteiger partial charge in [-0.2, -0.15) is 16.1 Å². The zero-order valence-electron chi connectivity index (χ0n) is 10.4. The first kappa shape index (κ1) is 13.6. The van der Waals surface area contributed by atoms with E-state index >= 15 is 0 Å². The second-order valence-corrected chi connectivity index (χ2v) is 7.73. The maximum Gasteiger partial charge on any atom is 0.244 e. The van der Waals surface area contributed by atoms with Gasteiger partial charge in [0.25, 0.3) is 0 Å². The molecular weight excluding hydrogens is 270 g/mol. The van der Waals surface area contributed by atoms with Crippen LogP contribution >= 0.6 is 11.8 Å². The highest BCUT2D eigenvalue weighted by Crippen LogP contribution is 2.29. The summed E-state index contributed by atoms with van der Waals surface area (Å²) in [6.07, 6.45) is 1.32. The van der Waals surface area contributed by atoms with Crippen molar-refractivity contribution in [2.24, 2.45) is 0 Å². The van der Waals surface area contributed by atoms with Crippen molar-refractivity contribution in [3.63, 3.8) is 0 Å². The van der Waals surface area contributed by atoms with Gasteiger partial charge in [-0.3, -0.25) is 0 Å². The molecule has 0 amide bonds. The van der Waals surface area contributed by atoms with Crippen molar-refractivity contribution in [2.45, 2.75) is 30.0 Å². The molecule has 1 saturated heterocycles. The van der Waals surface area contributed by atoms with Crippen LogP contribution in [-0.4, -0.2) is 41.3 Å². The SMILES string of the molecule is CC1SCCN(S(=O)(=O)c2ccc(N)nc2)C1C. The lowest BCUT2D eigenvalue weighted by atomic mass is 10.2. The third-order valence-corrected chi connectivity index (χ3v) is 6.50. The second kappa shape index (κ2) is 5.07. The maximum atomic E-state index is 12.5. The van der Waals surface area contributed by atoms with Crippen LogP contribution in [0.1, 0.15) is 13.8 Å². The van der Waals surface area contributed by atoms with Gasteiger partial charge >= 0.3 is 0 Å². The molecule has 1 aromatic rings. The lowest BCUT2D eigenvalue weighted by molar-refractivity contribution is 0.340. The standard InChI is InChI=1S/C11H17N3O2S2/c1-8-9(2)17-6-5-14(8)18(15,16)10-3-4-11(12)13-7-10/h3-4,7-9H,5-6H2,1-2H3,(H2,12,13). The van der Waals surface area contributed by atoms with Crippen molar-refractivity contribution < 1.29 is 8.42 Å². The highest BCUT2D eigenvalue weighted by Gasteiger charge is 2.34. The third-order valence-electron chi connectivity index (χ3n) is 3.19. The van der Waals surface area contributed by atoms with Crippen molar-refractivity contribution in [1.82, 2.24) is 9.29 Å². The fourth-order valence-corrected chi connectivity index (χ4v) is 4.87. The molecule has 1 aliphatic heterocycles. The van der Waals surface area contributed by atoms with Crippen LogP contribution in [0, 0.1) is 0 Å². The molecule has 18 heavy (non-hydrogen) atoms. The van der Waals surface area contributed by atoms with Crippen LogP contribution in [0.15, 0.2) is 23.2 Å². The molecule has 0 spiro atoms. The van der Waals surface area contributed by atoms with Gasteiger partial charge in [-0.15, -0.1) is 0 Å². The minimum atomic E-state index is -3.46. The number of nitrogens with two attached hydrogens (primary N) is 1. The Bertz CT molecular complexity index is 516. The van der Waals surface area contributed by atoms with E-state index in [1.807, 2.05) is 6.92 Å². The monoisotopic (exact) mass is 287 g/mol. The number of rotatable bonds is 2. The Kier molecular flexibility index (Phi) is 3.84. The van der Waals surface area contributed by atoms with E-state index < -0.39 is 10.0 Å². The lowest BCUT2D eigenvalue weighted by Gasteiger charge is -2.36. The molecule has 0 radical (unpaired) electrons. The van der Waals surface area contributed by atoms with Gasteiger partial charge in [0.2, 0.25) is 10.0 Å². The third kappa shape index (κ3) is 2.48. The van der Waals surface area contributed by atoms with Crippen LogP contribution in [0.2, 0.25) is 0 Å². The number of anilines is 1. The highest BCUT2D eigenvalue weighted by molar-refractivity contribution is 8.00. The van der Waals surface area contributed by atoms with Crippen LogP contribution in [0.25, 0.3) is 0 Å². The molecule has 7 heteroatoms. The molecule has 2 N–H and O–H groups in total. The summed E-state index contributed by atoms with van der Waals surface area (Å²) in [7, 11) is -3.46. The van der Waals surface area contributed by atoms with E-state index in [0.717, 1.165) is 5.75 Å². The fourth-order valence-electron chi connectivity index (χ4n) is 1.92. The Morgan fingerprint density at radius 3 is 2.78 bits per heavy atom. The Balaban J connectivity index is 2.33. The smallest absolute Gasteiger partial charge is 0.244 e. The summed E-state index contributed by atoms with van der Waals surface area (Å²) in [5, 5.41) is 0.301. The lowest BCUT2D eigenvalue weighted by Crippen LogP contribution is -2.47. The minimum Gasteiger partial charge on any atom is -0.384 e. The predicted molar refractivity (Wildman–Crippen MR) is 73.9 cm³/mol. The number of aromatic nitrogens is 1. The number of sulfonamides is 1. The van der Waals surface area contributed by atoms with Gasteiger partial charge in [0, 0.05) is 29.8 Å². The number of nitrogen functional groups attached to an aromatic ring is 1. The van der Waals surface area contributed by atoms with Gasteiger partial charge in [-0.25, -0.2) is 13.4 Å². The van der Waals surface area contributed by atoms with Crippen molar-refractivity contribution in [3.8, 4) is 0 Å². The Hall–Kier alpha value is -0.790. The van der Waals surface area contributed by atoms with E-state index in [1.54, 1.807) is 16.1 Å². The molecule has 2 atom stereocenters. The molecule has 1 fully saturated rings. The Labute approximate surface area is 112 Å². The molecule has 0 aliphatic carbocycles. The molecule has 1 aliphatic rings. The number of nitrogens with zero attached hydrogens (tertiary/aromatic N) is 2. The molecular formula is C11H17N3O2S2. The number of hydrogen-bond donors (Lipinski definition) is 1. The van der Waals surface area contributed by atoms with E-state index in [1.165, 1.54) is 18.3 Å². The van der Waals surface area contributed by atoms with Crippen LogP contribution in [0.5, 0.6) is 0 Å². The quantitative estimate of drug-likeness (QED) is 0.884. The van der Waals surface area contributed by atoms with Gasteiger partial charge in [-0.1, -0.05) is 6.92 Å². The number of hydrogen-bond acceptors (Lipinski definition) is 5. The first-order chi connectivity index (χ1) is 8.43. The van der Waals surface area contributed by atoms with Crippen LogP contribution in [0.4, 0.5) is 5.82 Å². The number of thioether (sulfide) groups is 1. The normalized spacial score (nSPS) is 26.1. The molecule has 0 aromatic carbocycles. The fraction of sp³-hybridized carbons (Fsp3) is 0.545. The van der Waals surface area contributed by atoms with E-state index in [9.17, 15) is 8.42 Å². The molecule has 2 unspecified atom stereocenters. The van der Waals surface area contributed by atoms with Crippen molar-refractivity contribution in [3.05, 3.63) is 18.3 Å². The first-order valence-corrected chi connectivity index (χ1v) is 8.27. The summed E-state index contributed by atoms with van der Waals surface area (Å²) in [5.41, 5.74) is 5.47. The van der Waals surface area contributed by atoms with E-state index in [-0.39, 0.29) is 10.9 Å². The van der Waals surface area contributed by atoms with E-state index in [4.69, 9.17) is 5.73 Å². The molecule has 5 nitrogen and oxygen atoms in total. The van der Waals surface area contributed by atoms with Crippen LogP contribution in [0.3, 0.4) is 0 Å². The first-order valence-electron chi connectivity index (χ1n) is 5.78. The molecule has 2 rings (SSSR count). The number of pyridine rings is 1. The highest BCUT2D eigenvalue weighted by atomic mass is 32.2. The average Bonchev–Trinajstić information content (AvgIpc) is 2.33. The van der Waals surface area contributed by atoms with Gasteiger partial charge in [0.05, 0.1) is 0 Å². The van der Waals surface area contributed by atoms with Gasteiger partial charge in [0.15, 0.2) is 0 Å². The Morgan fingerprint density at radius 1 is 1.44 bits per heavy atom. The van der Waals surface area contributed by atoms with Crippen molar-refractivity contribution in [2.75, 3.05) is 18.0 Å². The Morgan fingerprint density at radius 2 is 2.17 bits per heavy atom. The summed E-state index contributed by atoms with van der Waals surface area (Å²) in [6, 6.07) is 3.02. The van der Waals surface area contributed by atoms with Crippen molar-refractivity contribution in [1.29, 1.82) is 0 Å². The molecule has 1 aromatic heterocycles. The van der Waals surface area contributed by atoms with Gasteiger partial charge < -0.3 is 5.73 Å². The minimum absolute atomic E-state index is 0.00805. The molecule has 2 heterocycles. The van der Waals surface area contributed by atoms with Crippen molar-refractivity contribution >= 4 is 27.6 Å².